The van der Waals surface area contributed by atoms with Crippen molar-refractivity contribution < 1.29 is 19.5 Å². The average Bonchev–Trinajstić information content (AvgIpc) is 2.58. The van der Waals surface area contributed by atoms with Gasteiger partial charge in [0.2, 0.25) is 11.8 Å². The molecule has 1 aliphatic rings. The summed E-state index contributed by atoms with van der Waals surface area (Å²) in [4.78, 5) is 36.9. The van der Waals surface area contributed by atoms with Crippen LogP contribution in [-0.4, -0.2) is 33.8 Å². The molecule has 0 aliphatic carbocycles. The normalized spacial score (nSPS) is 20.2. The Morgan fingerprint density at radius 1 is 1.32 bits per heavy atom. The molecule has 1 fully saturated rings. The van der Waals surface area contributed by atoms with Crippen LogP contribution in [-0.2, 0) is 14.4 Å². The Morgan fingerprint density at radius 2 is 1.84 bits per heavy atom. The molecule has 1 rings (SSSR count). The van der Waals surface area contributed by atoms with Crippen molar-refractivity contribution in [2.75, 3.05) is 0 Å². The molecule has 2 amide bonds. The third kappa shape index (κ3) is 2.80. The zero-order valence-corrected chi connectivity index (χ0v) is 12.1. The number of rotatable bonds is 6. The second-order valence-corrected chi connectivity index (χ2v) is 5.72. The lowest BCUT2D eigenvalue weighted by Gasteiger charge is -2.27. The number of amides is 2. The average molecular weight is 269 g/mol. The quantitative estimate of drug-likeness (QED) is 0.749. The fourth-order valence-electron chi connectivity index (χ4n) is 2.70. The van der Waals surface area contributed by atoms with Crippen molar-refractivity contribution >= 4 is 17.8 Å². The molecule has 0 aromatic heterocycles. The number of carboxylic acids is 1. The molecule has 1 saturated heterocycles. The maximum Gasteiger partial charge on any atom is 0.326 e. The lowest BCUT2D eigenvalue weighted by molar-refractivity contribution is -0.156. The lowest BCUT2D eigenvalue weighted by Crippen LogP contribution is -2.47. The number of aliphatic carboxylic acids is 1. The molecular weight excluding hydrogens is 246 g/mol. The minimum atomic E-state index is -1.10. The first-order chi connectivity index (χ1) is 8.79. The van der Waals surface area contributed by atoms with Crippen LogP contribution in [0.2, 0.25) is 0 Å². The predicted molar refractivity (Wildman–Crippen MR) is 70.4 cm³/mol. The van der Waals surface area contributed by atoms with Crippen LogP contribution in [0.5, 0.6) is 0 Å². The molecule has 0 radical (unpaired) electrons. The summed E-state index contributed by atoms with van der Waals surface area (Å²) in [5.74, 6) is -1.64. The zero-order chi connectivity index (χ0) is 14.8. The highest BCUT2D eigenvalue weighted by atomic mass is 16.4. The topological polar surface area (TPSA) is 74.7 Å². The molecule has 0 saturated carbocycles. The molecule has 0 spiro atoms. The van der Waals surface area contributed by atoms with Crippen LogP contribution in [0.3, 0.4) is 0 Å². The first kappa shape index (κ1) is 15.7. The van der Waals surface area contributed by atoms with Gasteiger partial charge in [0.1, 0.15) is 6.04 Å². The van der Waals surface area contributed by atoms with Gasteiger partial charge >= 0.3 is 5.97 Å². The van der Waals surface area contributed by atoms with Crippen LogP contribution in [0.15, 0.2) is 0 Å². The smallest absolute Gasteiger partial charge is 0.326 e. The van der Waals surface area contributed by atoms with E-state index >= 15 is 0 Å². The van der Waals surface area contributed by atoms with E-state index in [1.165, 1.54) is 0 Å². The van der Waals surface area contributed by atoms with E-state index in [0.717, 1.165) is 4.90 Å². The molecular formula is C14H23NO4. The van der Waals surface area contributed by atoms with Gasteiger partial charge in [-0.3, -0.25) is 14.5 Å². The molecule has 0 aromatic rings. The highest BCUT2D eigenvalue weighted by Gasteiger charge is 2.52. The number of hydrogen-bond acceptors (Lipinski definition) is 3. The molecule has 108 valence electrons. The van der Waals surface area contributed by atoms with E-state index in [4.69, 9.17) is 0 Å². The van der Waals surface area contributed by atoms with E-state index in [2.05, 4.69) is 0 Å². The number of hydrogen-bond donors (Lipinski definition) is 1. The molecule has 1 unspecified atom stereocenters. The number of carbonyl (C=O) groups excluding carboxylic acids is 2. The van der Waals surface area contributed by atoms with Gasteiger partial charge in [-0.15, -0.1) is 0 Å². The van der Waals surface area contributed by atoms with Crippen LogP contribution >= 0.6 is 0 Å². The highest BCUT2D eigenvalue weighted by molar-refractivity contribution is 6.08. The second-order valence-electron chi connectivity index (χ2n) is 5.72. The molecule has 5 nitrogen and oxygen atoms in total. The van der Waals surface area contributed by atoms with E-state index in [1.807, 2.05) is 27.7 Å². The van der Waals surface area contributed by atoms with Gasteiger partial charge in [0.25, 0.3) is 0 Å². The first-order valence-corrected chi connectivity index (χ1v) is 6.88. The van der Waals surface area contributed by atoms with Gasteiger partial charge in [-0.1, -0.05) is 27.7 Å². The summed E-state index contributed by atoms with van der Waals surface area (Å²) in [6, 6.07) is -1.03. The number of nitrogens with zero attached hydrogens (tertiary/aromatic N) is 1. The molecule has 5 heteroatoms. The minimum Gasteiger partial charge on any atom is -0.480 e. The summed E-state index contributed by atoms with van der Waals surface area (Å²) in [5, 5.41) is 9.29. The van der Waals surface area contributed by atoms with Gasteiger partial charge < -0.3 is 5.11 Å². The molecule has 19 heavy (non-hydrogen) atoms. The molecule has 1 atom stereocenters. The Kier molecular flexibility index (Phi) is 4.71. The van der Waals surface area contributed by atoms with Crippen molar-refractivity contribution in [3.05, 3.63) is 0 Å². The monoisotopic (exact) mass is 269 g/mol. The van der Waals surface area contributed by atoms with Crippen LogP contribution in [0, 0.1) is 11.3 Å². The van der Waals surface area contributed by atoms with E-state index in [1.54, 1.807) is 0 Å². The first-order valence-electron chi connectivity index (χ1n) is 6.88. The molecule has 0 bridgehead atoms. The summed E-state index contributed by atoms with van der Waals surface area (Å²) in [5.41, 5.74) is -0.693. The van der Waals surface area contributed by atoms with Crippen molar-refractivity contribution in [3.8, 4) is 0 Å². The van der Waals surface area contributed by atoms with Gasteiger partial charge in [0.05, 0.1) is 5.41 Å². The number of likely N-dealkylation sites (tertiary alicyclic amines) is 1. The van der Waals surface area contributed by atoms with Crippen molar-refractivity contribution in [2.24, 2.45) is 11.3 Å². The highest BCUT2D eigenvalue weighted by Crippen LogP contribution is 2.40. The fourth-order valence-corrected chi connectivity index (χ4v) is 2.70. The Labute approximate surface area is 114 Å². The SMILES string of the molecule is CCC1(CC)CC(=O)N(C(CC(C)C)C(=O)O)C1=O. The summed E-state index contributed by atoms with van der Waals surface area (Å²) in [6.45, 7) is 7.51. The maximum absolute atomic E-state index is 12.5. The Hall–Kier alpha value is -1.39. The Morgan fingerprint density at radius 3 is 2.16 bits per heavy atom. The summed E-state index contributed by atoms with van der Waals surface area (Å²) in [7, 11) is 0. The van der Waals surface area contributed by atoms with Crippen molar-refractivity contribution in [1.82, 2.24) is 4.90 Å². The summed E-state index contributed by atoms with van der Waals surface area (Å²) >= 11 is 0. The van der Waals surface area contributed by atoms with E-state index < -0.39 is 17.4 Å². The van der Waals surface area contributed by atoms with Crippen molar-refractivity contribution in [3.63, 3.8) is 0 Å². The Bertz CT molecular complexity index is 385. The van der Waals surface area contributed by atoms with E-state index in [-0.39, 0.29) is 24.2 Å². The predicted octanol–water partition coefficient (Wildman–Crippen LogP) is 2.05. The third-order valence-electron chi connectivity index (χ3n) is 4.08. The molecule has 0 aromatic carbocycles. The van der Waals surface area contributed by atoms with Crippen molar-refractivity contribution in [1.29, 1.82) is 0 Å². The number of carbonyl (C=O) groups is 3. The maximum atomic E-state index is 12.5. The van der Waals surface area contributed by atoms with Crippen LogP contribution in [0.4, 0.5) is 0 Å². The van der Waals surface area contributed by atoms with Gasteiger partial charge in [-0.2, -0.15) is 0 Å². The van der Waals surface area contributed by atoms with Gasteiger partial charge in [-0.25, -0.2) is 4.79 Å². The van der Waals surface area contributed by atoms with E-state index in [9.17, 15) is 19.5 Å². The lowest BCUT2D eigenvalue weighted by atomic mass is 9.81. The molecule has 1 N–H and O–H groups in total. The summed E-state index contributed by atoms with van der Waals surface area (Å²) < 4.78 is 0. The largest absolute Gasteiger partial charge is 0.480 e. The van der Waals surface area contributed by atoms with E-state index in [0.29, 0.717) is 19.3 Å². The fraction of sp³-hybridized carbons (Fsp3) is 0.786. The molecule has 1 aliphatic heterocycles. The number of carboxylic acid groups (broad SMARTS) is 1. The van der Waals surface area contributed by atoms with Crippen LogP contribution in [0.25, 0.3) is 0 Å². The molecule has 1 heterocycles. The number of imide groups is 1. The minimum absolute atomic E-state index is 0.111. The zero-order valence-electron chi connectivity index (χ0n) is 12.1. The standard InChI is InChI=1S/C14H23NO4/c1-5-14(6-2)8-11(16)15(13(14)19)10(12(17)18)7-9(3)4/h9-10H,5-8H2,1-4H3,(H,17,18). The van der Waals surface area contributed by atoms with Crippen LogP contribution in [0.1, 0.15) is 53.4 Å². The summed E-state index contributed by atoms with van der Waals surface area (Å²) in [6.07, 6.45) is 1.58. The van der Waals surface area contributed by atoms with Crippen molar-refractivity contribution in [2.45, 2.75) is 59.4 Å². The third-order valence-corrected chi connectivity index (χ3v) is 4.08. The second kappa shape index (κ2) is 5.72. The van der Waals surface area contributed by atoms with Crippen LogP contribution < -0.4 is 0 Å². The Balaban J connectivity index is 3.08. The van der Waals surface area contributed by atoms with Gasteiger partial charge in [0.15, 0.2) is 0 Å². The van der Waals surface area contributed by atoms with Gasteiger partial charge in [0, 0.05) is 6.42 Å². The van der Waals surface area contributed by atoms with Gasteiger partial charge in [-0.05, 0) is 25.2 Å².